The summed E-state index contributed by atoms with van der Waals surface area (Å²) in [4.78, 5) is 0. The van der Waals surface area contributed by atoms with E-state index in [2.05, 4.69) is 40.7 Å². The maximum absolute atomic E-state index is 6.17. The topological polar surface area (TPSA) is 35.2 Å². The molecular formula is C19H25NO. The van der Waals surface area contributed by atoms with Crippen LogP contribution in [0.4, 0.5) is 5.69 Å². The highest BCUT2D eigenvalue weighted by Gasteiger charge is 2.13. The second-order valence-electron chi connectivity index (χ2n) is 5.85. The number of methoxy groups -OCH3 is 1. The van der Waals surface area contributed by atoms with E-state index in [9.17, 15) is 0 Å². The van der Waals surface area contributed by atoms with E-state index in [1.807, 2.05) is 12.1 Å². The smallest absolute Gasteiger partial charge is 0.120 e. The first kappa shape index (κ1) is 15.4. The molecule has 0 aromatic heterocycles. The van der Waals surface area contributed by atoms with Crippen LogP contribution in [0.1, 0.15) is 38.9 Å². The number of anilines is 1. The minimum absolute atomic E-state index is 0.795. The van der Waals surface area contributed by atoms with Crippen molar-refractivity contribution < 1.29 is 4.74 Å². The molecule has 0 amide bonds. The van der Waals surface area contributed by atoms with Crippen LogP contribution >= 0.6 is 0 Å². The van der Waals surface area contributed by atoms with E-state index in [0.717, 1.165) is 23.4 Å². The van der Waals surface area contributed by atoms with Gasteiger partial charge in [0.05, 0.1) is 7.11 Å². The van der Waals surface area contributed by atoms with Crippen molar-refractivity contribution in [1.82, 2.24) is 0 Å². The number of nitrogens with two attached hydrogens (primary N) is 1. The lowest BCUT2D eigenvalue weighted by molar-refractivity contribution is 0.415. The lowest BCUT2D eigenvalue weighted by atomic mass is 9.86. The van der Waals surface area contributed by atoms with Crippen molar-refractivity contribution in [3.8, 4) is 5.75 Å². The Morgan fingerprint density at radius 3 is 1.86 bits per heavy atom. The summed E-state index contributed by atoms with van der Waals surface area (Å²) >= 11 is 0. The van der Waals surface area contributed by atoms with Crippen molar-refractivity contribution in [3.63, 3.8) is 0 Å². The first-order valence-corrected chi connectivity index (χ1v) is 7.35. The summed E-state index contributed by atoms with van der Waals surface area (Å²) in [6.45, 7) is 11.0. The van der Waals surface area contributed by atoms with Crippen molar-refractivity contribution in [2.75, 3.05) is 12.8 Å². The molecule has 0 bridgehead atoms. The molecule has 2 nitrogen and oxygen atoms in total. The van der Waals surface area contributed by atoms with Crippen LogP contribution in [0.5, 0.6) is 5.75 Å². The monoisotopic (exact) mass is 283 g/mol. The van der Waals surface area contributed by atoms with Gasteiger partial charge < -0.3 is 10.5 Å². The van der Waals surface area contributed by atoms with Gasteiger partial charge in [-0.15, -0.1) is 0 Å². The summed E-state index contributed by atoms with van der Waals surface area (Å²) in [6.07, 6.45) is 0.870. The zero-order valence-electron chi connectivity index (χ0n) is 13.9. The third-order valence-electron chi connectivity index (χ3n) is 4.88. The van der Waals surface area contributed by atoms with Crippen LogP contribution in [0.3, 0.4) is 0 Å². The first-order valence-electron chi connectivity index (χ1n) is 7.35. The van der Waals surface area contributed by atoms with E-state index in [1.165, 1.54) is 33.4 Å². The standard InChI is InChI=1S/C19H25NO/c1-11-12(2)14(4)18(15(5)13(11)3)9-16-7-8-17(21-6)10-19(16)20/h7-8,10H,9,20H2,1-6H3. The Hall–Kier alpha value is -1.96. The molecule has 112 valence electrons. The van der Waals surface area contributed by atoms with Gasteiger partial charge in [-0.3, -0.25) is 0 Å². The fourth-order valence-electron chi connectivity index (χ4n) is 2.89. The summed E-state index contributed by atoms with van der Waals surface area (Å²) in [7, 11) is 1.66. The molecule has 0 saturated heterocycles. The maximum Gasteiger partial charge on any atom is 0.120 e. The van der Waals surface area contributed by atoms with Gasteiger partial charge in [0.1, 0.15) is 5.75 Å². The summed E-state index contributed by atoms with van der Waals surface area (Å²) < 4.78 is 5.22. The van der Waals surface area contributed by atoms with Gasteiger partial charge in [0.2, 0.25) is 0 Å². The molecule has 2 N–H and O–H groups in total. The Balaban J connectivity index is 2.50. The average molecular weight is 283 g/mol. The lowest BCUT2D eigenvalue weighted by Crippen LogP contribution is -2.05. The van der Waals surface area contributed by atoms with E-state index in [4.69, 9.17) is 10.5 Å². The van der Waals surface area contributed by atoms with Gasteiger partial charge in [0.15, 0.2) is 0 Å². The zero-order valence-corrected chi connectivity index (χ0v) is 13.9. The molecule has 0 spiro atoms. The largest absolute Gasteiger partial charge is 0.497 e. The number of rotatable bonds is 3. The third-order valence-corrected chi connectivity index (χ3v) is 4.88. The van der Waals surface area contributed by atoms with Gasteiger partial charge in [-0.2, -0.15) is 0 Å². The Morgan fingerprint density at radius 2 is 1.38 bits per heavy atom. The second kappa shape index (κ2) is 5.80. The van der Waals surface area contributed by atoms with E-state index < -0.39 is 0 Å². The number of ether oxygens (including phenoxy) is 1. The molecule has 21 heavy (non-hydrogen) atoms. The second-order valence-corrected chi connectivity index (χ2v) is 5.85. The van der Waals surface area contributed by atoms with Crippen molar-refractivity contribution in [1.29, 1.82) is 0 Å². The average Bonchev–Trinajstić information content (AvgIpc) is 2.48. The zero-order chi connectivity index (χ0) is 15.7. The Bertz CT molecular complexity index is 657. The quantitative estimate of drug-likeness (QED) is 0.847. The lowest BCUT2D eigenvalue weighted by Gasteiger charge is -2.19. The Kier molecular flexibility index (Phi) is 4.26. The Morgan fingerprint density at radius 1 is 0.857 bits per heavy atom. The molecule has 0 aliphatic heterocycles. The van der Waals surface area contributed by atoms with Gasteiger partial charge in [0.25, 0.3) is 0 Å². The molecule has 0 radical (unpaired) electrons. The molecule has 2 heteroatoms. The molecule has 0 fully saturated rings. The number of benzene rings is 2. The highest BCUT2D eigenvalue weighted by molar-refractivity contribution is 5.56. The summed E-state index contributed by atoms with van der Waals surface area (Å²) in [5.74, 6) is 0.806. The van der Waals surface area contributed by atoms with E-state index in [0.29, 0.717) is 0 Å². The van der Waals surface area contributed by atoms with Gasteiger partial charge >= 0.3 is 0 Å². The van der Waals surface area contributed by atoms with Crippen molar-refractivity contribution in [2.45, 2.75) is 41.0 Å². The number of hydrogen-bond donors (Lipinski definition) is 1. The van der Waals surface area contributed by atoms with Gasteiger partial charge in [-0.1, -0.05) is 6.07 Å². The fourth-order valence-corrected chi connectivity index (χ4v) is 2.89. The van der Waals surface area contributed by atoms with Crippen LogP contribution < -0.4 is 10.5 Å². The number of hydrogen-bond acceptors (Lipinski definition) is 2. The first-order chi connectivity index (χ1) is 9.86. The molecule has 0 aliphatic carbocycles. The molecule has 0 atom stereocenters. The van der Waals surface area contributed by atoms with Crippen LogP contribution in [-0.4, -0.2) is 7.11 Å². The highest BCUT2D eigenvalue weighted by atomic mass is 16.5. The maximum atomic E-state index is 6.17. The predicted molar refractivity (Wildman–Crippen MR) is 90.3 cm³/mol. The van der Waals surface area contributed by atoms with Crippen LogP contribution in [0.15, 0.2) is 18.2 Å². The van der Waals surface area contributed by atoms with Crippen LogP contribution in [0, 0.1) is 34.6 Å². The van der Waals surface area contributed by atoms with Crippen LogP contribution in [0.2, 0.25) is 0 Å². The minimum Gasteiger partial charge on any atom is -0.497 e. The molecule has 2 aromatic rings. The number of nitrogen functional groups attached to an aromatic ring is 1. The van der Waals surface area contributed by atoms with Gasteiger partial charge in [-0.25, -0.2) is 0 Å². The van der Waals surface area contributed by atoms with Crippen molar-refractivity contribution in [2.24, 2.45) is 0 Å². The molecule has 0 unspecified atom stereocenters. The summed E-state index contributed by atoms with van der Waals surface area (Å²) in [5.41, 5.74) is 16.5. The van der Waals surface area contributed by atoms with Crippen LogP contribution in [0.25, 0.3) is 0 Å². The molecular weight excluding hydrogens is 258 g/mol. The van der Waals surface area contributed by atoms with E-state index in [-0.39, 0.29) is 0 Å². The predicted octanol–water partition coefficient (Wildman–Crippen LogP) is 4.41. The fraction of sp³-hybridized carbons (Fsp3) is 0.368. The molecule has 0 heterocycles. The minimum atomic E-state index is 0.795. The van der Waals surface area contributed by atoms with Gasteiger partial charge in [-0.05, 0) is 79.6 Å². The third kappa shape index (κ3) is 2.76. The molecule has 2 rings (SSSR count). The molecule has 0 aliphatic rings. The highest BCUT2D eigenvalue weighted by Crippen LogP contribution is 2.30. The molecule has 2 aromatic carbocycles. The van der Waals surface area contributed by atoms with Gasteiger partial charge in [0, 0.05) is 18.2 Å². The SMILES string of the molecule is COc1ccc(Cc2c(C)c(C)c(C)c(C)c2C)c(N)c1. The van der Waals surface area contributed by atoms with Crippen molar-refractivity contribution in [3.05, 3.63) is 57.1 Å². The molecule has 0 saturated carbocycles. The van der Waals surface area contributed by atoms with Crippen molar-refractivity contribution >= 4 is 5.69 Å². The van der Waals surface area contributed by atoms with Crippen LogP contribution in [-0.2, 0) is 6.42 Å². The normalized spacial score (nSPS) is 10.8. The van der Waals surface area contributed by atoms with E-state index in [1.54, 1.807) is 7.11 Å². The Labute approximate surface area is 127 Å². The van der Waals surface area contributed by atoms with E-state index >= 15 is 0 Å². The summed E-state index contributed by atoms with van der Waals surface area (Å²) in [5, 5.41) is 0. The summed E-state index contributed by atoms with van der Waals surface area (Å²) in [6, 6.07) is 5.94.